The number of rotatable bonds is 7. The standard InChI is InChI=1S/C13H20N2O3/c1-3-8-18-12-9-10(4-5-11(12)14)15-7-6-13(16)17-2/h4-5,9,15H,3,6-8,14H2,1-2H3. The van der Waals surface area contributed by atoms with Crippen molar-refractivity contribution in [2.24, 2.45) is 0 Å². The van der Waals surface area contributed by atoms with E-state index >= 15 is 0 Å². The maximum absolute atomic E-state index is 11.0. The summed E-state index contributed by atoms with van der Waals surface area (Å²) in [6.45, 7) is 3.19. The second-order valence-electron chi connectivity index (χ2n) is 3.85. The van der Waals surface area contributed by atoms with Gasteiger partial charge in [0.1, 0.15) is 5.75 Å². The molecule has 0 fully saturated rings. The lowest BCUT2D eigenvalue weighted by atomic mass is 10.2. The van der Waals surface area contributed by atoms with E-state index < -0.39 is 0 Å². The van der Waals surface area contributed by atoms with Gasteiger partial charge in [0.15, 0.2) is 0 Å². The van der Waals surface area contributed by atoms with E-state index in [2.05, 4.69) is 10.1 Å². The third-order valence-corrected chi connectivity index (χ3v) is 2.36. The summed E-state index contributed by atoms with van der Waals surface area (Å²) in [4.78, 5) is 11.0. The number of nitrogens with one attached hydrogen (secondary N) is 1. The Labute approximate surface area is 107 Å². The minimum Gasteiger partial charge on any atom is -0.491 e. The molecule has 18 heavy (non-hydrogen) atoms. The largest absolute Gasteiger partial charge is 0.491 e. The lowest BCUT2D eigenvalue weighted by Gasteiger charge is -2.11. The van der Waals surface area contributed by atoms with Crippen LogP contribution in [0.5, 0.6) is 5.75 Å². The van der Waals surface area contributed by atoms with Crippen LogP contribution in [-0.2, 0) is 9.53 Å². The number of carbonyl (C=O) groups excluding carboxylic acids is 1. The number of hydrogen-bond acceptors (Lipinski definition) is 5. The van der Waals surface area contributed by atoms with Crippen molar-refractivity contribution in [2.75, 3.05) is 31.3 Å². The fourth-order valence-electron chi connectivity index (χ4n) is 1.39. The van der Waals surface area contributed by atoms with Crippen LogP contribution in [0.4, 0.5) is 11.4 Å². The molecule has 0 unspecified atom stereocenters. The molecule has 0 aliphatic rings. The summed E-state index contributed by atoms with van der Waals surface area (Å²) in [6, 6.07) is 5.47. The highest BCUT2D eigenvalue weighted by molar-refractivity contribution is 5.70. The van der Waals surface area contributed by atoms with Crippen molar-refractivity contribution in [3.05, 3.63) is 18.2 Å². The van der Waals surface area contributed by atoms with Crippen molar-refractivity contribution >= 4 is 17.3 Å². The molecule has 0 saturated carbocycles. The van der Waals surface area contributed by atoms with E-state index in [9.17, 15) is 4.79 Å². The fraction of sp³-hybridized carbons (Fsp3) is 0.462. The van der Waals surface area contributed by atoms with E-state index in [0.29, 0.717) is 31.0 Å². The molecule has 0 aromatic heterocycles. The second kappa shape index (κ2) is 7.42. The number of hydrogen-bond donors (Lipinski definition) is 2. The molecule has 1 rings (SSSR count). The van der Waals surface area contributed by atoms with Gasteiger partial charge in [-0.05, 0) is 18.6 Å². The van der Waals surface area contributed by atoms with Gasteiger partial charge in [-0.25, -0.2) is 0 Å². The summed E-state index contributed by atoms with van der Waals surface area (Å²) >= 11 is 0. The molecular weight excluding hydrogens is 232 g/mol. The maximum atomic E-state index is 11.0. The Morgan fingerprint density at radius 2 is 2.22 bits per heavy atom. The zero-order valence-electron chi connectivity index (χ0n) is 10.9. The van der Waals surface area contributed by atoms with Crippen molar-refractivity contribution in [1.82, 2.24) is 0 Å². The topological polar surface area (TPSA) is 73.6 Å². The molecular formula is C13H20N2O3. The highest BCUT2D eigenvalue weighted by Gasteiger charge is 2.03. The summed E-state index contributed by atoms with van der Waals surface area (Å²) in [5, 5.41) is 3.12. The minimum atomic E-state index is -0.236. The fourth-order valence-corrected chi connectivity index (χ4v) is 1.39. The number of anilines is 2. The lowest BCUT2D eigenvalue weighted by Crippen LogP contribution is -2.10. The van der Waals surface area contributed by atoms with Crippen molar-refractivity contribution in [3.63, 3.8) is 0 Å². The van der Waals surface area contributed by atoms with Crippen LogP contribution in [0.1, 0.15) is 19.8 Å². The van der Waals surface area contributed by atoms with Crippen LogP contribution >= 0.6 is 0 Å². The Kier molecular flexibility index (Phi) is 5.84. The van der Waals surface area contributed by atoms with E-state index in [4.69, 9.17) is 10.5 Å². The van der Waals surface area contributed by atoms with Crippen LogP contribution in [-0.4, -0.2) is 26.2 Å². The summed E-state index contributed by atoms with van der Waals surface area (Å²) in [7, 11) is 1.38. The average molecular weight is 252 g/mol. The third kappa shape index (κ3) is 4.53. The van der Waals surface area contributed by atoms with E-state index in [-0.39, 0.29) is 5.97 Å². The van der Waals surface area contributed by atoms with Crippen LogP contribution in [0.15, 0.2) is 18.2 Å². The summed E-state index contributed by atoms with van der Waals surface area (Å²) < 4.78 is 10.1. The summed E-state index contributed by atoms with van der Waals surface area (Å²) in [6.07, 6.45) is 1.26. The van der Waals surface area contributed by atoms with Gasteiger partial charge in [0.2, 0.25) is 0 Å². The molecule has 1 aromatic carbocycles. The highest BCUT2D eigenvalue weighted by atomic mass is 16.5. The number of esters is 1. The zero-order chi connectivity index (χ0) is 13.4. The van der Waals surface area contributed by atoms with E-state index in [1.54, 1.807) is 6.07 Å². The molecule has 0 bridgehead atoms. The van der Waals surface area contributed by atoms with Gasteiger partial charge in [-0.1, -0.05) is 6.92 Å². The van der Waals surface area contributed by atoms with Gasteiger partial charge in [0.05, 0.1) is 25.8 Å². The predicted molar refractivity (Wildman–Crippen MR) is 71.8 cm³/mol. The SMILES string of the molecule is CCCOc1cc(NCCC(=O)OC)ccc1N. The van der Waals surface area contributed by atoms with E-state index in [0.717, 1.165) is 12.1 Å². The smallest absolute Gasteiger partial charge is 0.307 e. The summed E-state index contributed by atoms with van der Waals surface area (Å²) in [5.74, 6) is 0.431. The van der Waals surface area contributed by atoms with Crippen LogP contribution in [0.2, 0.25) is 0 Å². The van der Waals surface area contributed by atoms with Crippen molar-refractivity contribution in [1.29, 1.82) is 0 Å². The molecule has 5 nitrogen and oxygen atoms in total. The molecule has 100 valence electrons. The van der Waals surface area contributed by atoms with Crippen LogP contribution < -0.4 is 15.8 Å². The van der Waals surface area contributed by atoms with Gasteiger partial charge >= 0.3 is 5.97 Å². The Morgan fingerprint density at radius 3 is 2.89 bits per heavy atom. The maximum Gasteiger partial charge on any atom is 0.307 e. The number of benzene rings is 1. The third-order valence-electron chi connectivity index (χ3n) is 2.36. The predicted octanol–water partition coefficient (Wildman–Crippen LogP) is 2.03. The highest BCUT2D eigenvalue weighted by Crippen LogP contribution is 2.25. The monoisotopic (exact) mass is 252 g/mol. The molecule has 0 amide bonds. The molecule has 0 saturated heterocycles. The van der Waals surface area contributed by atoms with E-state index in [1.165, 1.54) is 7.11 Å². The number of ether oxygens (including phenoxy) is 2. The average Bonchev–Trinajstić information content (AvgIpc) is 2.38. The Bertz CT molecular complexity index is 394. The normalized spacial score (nSPS) is 9.89. The first kappa shape index (κ1) is 14.2. The van der Waals surface area contributed by atoms with Crippen LogP contribution in [0.25, 0.3) is 0 Å². The van der Waals surface area contributed by atoms with Gasteiger partial charge in [-0.15, -0.1) is 0 Å². The van der Waals surface area contributed by atoms with Gasteiger partial charge in [-0.3, -0.25) is 4.79 Å². The second-order valence-corrected chi connectivity index (χ2v) is 3.85. The van der Waals surface area contributed by atoms with Crippen molar-refractivity contribution in [2.45, 2.75) is 19.8 Å². The Balaban J connectivity index is 2.53. The molecule has 0 spiro atoms. The molecule has 1 aromatic rings. The van der Waals surface area contributed by atoms with Gasteiger partial charge in [0.25, 0.3) is 0 Å². The van der Waals surface area contributed by atoms with E-state index in [1.807, 2.05) is 19.1 Å². The first-order chi connectivity index (χ1) is 8.67. The molecule has 0 atom stereocenters. The number of methoxy groups -OCH3 is 1. The quantitative estimate of drug-likeness (QED) is 0.574. The number of nitrogens with two attached hydrogens (primary N) is 1. The molecule has 3 N–H and O–H groups in total. The molecule has 0 aliphatic heterocycles. The van der Waals surface area contributed by atoms with Crippen molar-refractivity contribution < 1.29 is 14.3 Å². The Morgan fingerprint density at radius 1 is 1.44 bits per heavy atom. The van der Waals surface area contributed by atoms with Gasteiger partial charge < -0.3 is 20.5 Å². The first-order valence-electron chi connectivity index (χ1n) is 6.00. The Hall–Kier alpha value is -1.91. The van der Waals surface area contributed by atoms with Crippen LogP contribution in [0, 0.1) is 0 Å². The minimum absolute atomic E-state index is 0.236. The van der Waals surface area contributed by atoms with Gasteiger partial charge in [0, 0.05) is 18.3 Å². The van der Waals surface area contributed by atoms with Crippen LogP contribution in [0.3, 0.4) is 0 Å². The molecule has 0 aliphatic carbocycles. The lowest BCUT2D eigenvalue weighted by molar-refractivity contribution is -0.140. The van der Waals surface area contributed by atoms with Gasteiger partial charge in [-0.2, -0.15) is 0 Å². The molecule has 5 heteroatoms. The number of nitrogen functional groups attached to an aromatic ring is 1. The molecule has 0 radical (unpaired) electrons. The zero-order valence-corrected chi connectivity index (χ0v) is 10.9. The first-order valence-corrected chi connectivity index (χ1v) is 6.00. The van der Waals surface area contributed by atoms with Crippen molar-refractivity contribution in [3.8, 4) is 5.75 Å². The summed E-state index contributed by atoms with van der Waals surface area (Å²) in [5.41, 5.74) is 7.29. The number of carbonyl (C=O) groups is 1. The molecule has 0 heterocycles.